The quantitative estimate of drug-likeness (QED) is 0.704. The molecule has 4 rings (SSSR count). The molecule has 1 amide bonds. The third kappa shape index (κ3) is 3.56. The van der Waals surface area contributed by atoms with E-state index in [1.807, 2.05) is 0 Å². The summed E-state index contributed by atoms with van der Waals surface area (Å²) in [6, 6.07) is 4.26. The van der Waals surface area contributed by atoms with Crippen molar-refractivity contribution in [3.05, 3.63) is 41.9 Å². The van der Waals surface area contributed by atoms with Gasteiger partial charge in [0.05, 0.1) is 24.0 Å². The number of aromatic nitrogens is 4. The molecular formula is C19H19F2N5O3. The molecule has 0 aromatic carbocycles. The average Bonchev–Trinajstić information content (AvgIpc) is 3.34. The predicted octanol–water partition coefficient (Wildman–Crippen LogP) is 2.97. The molecule has 0 spiro atoms. The Kier molecular flexibility index (Phi) is 4.97. The summed E-state index contributed by atoms with van der Waals surface area (Å²) in [5.74, 6) is 0.275. The van der Waals surface area contributed by atoms with Gasteiger partial charge in [0.2, 0.25) is 5.91 Å². The summed E-state index contributed by atoms with van der Waals surface area (Å²) in [7, 11) is 1.51. The maximum Gasteiger partial charge on any atom is 0.264 e. The van der Waals surface area contributed by atoms with Gasteiger partial charge in [0, 0.05) is 50.3 Å². The summed E-state index contributed by atoms with van der Waals surface area (Å²) < 4.78 is 39.7. The third-order valence-electron chi connectivity index (χ3n) is 4.90. The van der Waals surface area contributed by atoms with Crippen LogP contribution in [0.2, 0.25) is 0 Å². The summed E-state index contributed by atoms with van der Waals surface area (Å²) in [4.78, 5) is 20.0. The number of anilines is 1. The molecule has 1 atom stereocenters. The fourth-order valence-electron chi connectivity index (χ4n) is 3.37. The number of alkyl halides is 2. The molecule has 1 saturated heterocycles. The monoisotopic (exact) mass is 403 g/mol. The van der Waals surface area contributed by atoms with Crippen molar-refractivity contribution in [3.8, 4) is 5.82 Å². The lowest BCUT2D eigenvalue weighted by Crippen LogP contribution is -2.30. The standard InChI is InChI=1S/C19H19F2N5O3/c1-11(27)24-16-7-14-13(8-22-16)9-23-26(14)17-6-12(18(20)21)5-15(25-17)19(28-2)3-4-29-10-19/h5-9,18H,3-4,10H2,1-2H3,(H,22,24,27). The van der Waals surface area contributed by atoms with Gasteiger partial charge in [-0.1, -0.05) is 0 Å². The fourth-order valence-corrected chi connectivity index (χ4v) is 3.37. The number of hydrogen-bond donors (Lipinski definition) is 1. The number of amides is 1. The minimum absolute atomic E-state index is 0.187. The van der Waals surface area contributed by atoms with Gasteiger partial charge in [-0.3, -0.25) is 4.79 Å². The van der Waals surface area contributed by atoms with Gasteiger partial charge >= 0.3 is 0 Å². The maximum absolute atomic E-state index is 13.6. The predicted molar refractivity (Wildman–Crippen MR) is 100 cm³/mol. The van der Waals surface area contributed by atoms with Gasteiger partial charge in [0.15, 0.2) is 5.82 Å². The van der Waals surface area contributed by atoms with Crippen LogP contribution in [-0.4, -0.2) is 46.0 Å². The van der Waals surface area contributed by atoms with E-state index in [-0.39, 0.29) is 23.9 Å². The van der Waals surface area contributed by atoms with Crippen LogP contribution in [-0.2, 0) is 19.9 Å². The molecule has 3 aromatic rings. The molecule has 0 aliphatic carbocycles. The number of ether oxygens (including phenoxy) is 2. The molecule has 29 heavy (non-hydrogen) atoms. The van der Waals surface area contributed by atoms with Crippen molar-refractivity contribution in [2.24, 2.45) is 0 Å². The maximum atomic E-state index is 13.6. The number of pyridine rings is 2. The summed E-state index contributed by atoms with van der Waals surface area (Å²) in [5, 5.41) is 7.56. The second kappa shape index (κ2) is 7.45. The zero-order valence-electron chi connectivity index (χ0n) is 15.9. The minimum atomic E-state index is -2.69. The number of nitrogens with zero attached hydrogens (tertiary/aromatic N) is 4. The molecule has 0 radical (unpaired) electrons. The van der Waals surface area contributed by atoms with Gasteiger partial charge in [-0.2, -0.15) is 5.10 Å². The Morgan fingerprint density at radius 2 is 2.17 bits per heavy atom. The van der Waals surface area contributed by atoms with E-state index in [1.165, 1.54) is 30.8 Å². The Balaban J connectivity index is 1.87. The molecule has 0 saturated carbocycles. The Morgan fingerprint density at radius 3 is 2.83 bits per heavy atom. The summed E-state index contributed by atoms with van der Waals surface area (Å²) in [6.07, 6.45) is 0.925. The van der Waals surface area contributed by atoms with Crippen LogP contribution < -0.4 is 5.32 Å². The molecule has 1 fully saturated rings. The first-order valence-electron chi connectivity index (χ1n) is 8.97. The minimum Gasteiger partial charge on any atom is -0.378 e. The van der Waals surface area contributed by atoms with Gasteiger partial charge in [-0.05, 0) is 12.1 Å². The van der Waals surface area contributed by atoms with Gasteiger partial charge < -0.3 is 14.8 Å². The van der Waals surface area contributed by atoms with Crippen LogP contribution in [0.5, 0.6) is 0 Å². The van der Waals surface area contributed by atoms with E-state index in [1.54, 1.807) is 18.5 Å². The topological polar surface area (TPSA) is 91.2 Å². The molecule has 1 N–H and O–H groups in total. The molecule has 1 aliphatic heterocycles. The van der Waals surface area contributed by atoms with E-state index < -0.39 is 12.0 Å². The molecule has 8 nitrogen and oxygen atoms in total. The van der Waals surface area contributed by atoms with E-state index in [0.717, 1.165) is 0 Å². The van der Waals surface area contributed by atoms with Crippen molar-refractivity contribution >= 4 is 22.6 Å². The molecule has 1 unspecified atom stereocenters. The van der Waals surface area contributed by atoms with E-state index in [2.05, 4.69) is 20.4 Å². The van der Waals surface area contributed by atoms with Gasteiger partial charge in [-0.25, -0.2) is 23.4 Å². The number of halogens is 2. The smallest absolute Gasteiger partial charge is 0.264 e. The van der Waals surface area contributed by atoms with E-state index in [4.69, 9.17) is 9.47 Å². The molecule has 10 heteroatoms. The summed E-state index contributed by atoms with van der Waals surface area (Å²) in [5.41, 5.74) is -0.133. The third-order valence-corrected chi connectivity index (χ3v) is 4.90. The summed E-state index contributed by atoms with van der Waals surface area (Å²) in [6.45, 7) is 2.07. The Bertz CT molecular complexity index is 1060. The normalized spacial score (nSPS) is 19.2. The highest BCUT2D eigenvalue weighted by atomic mass is 19.3. The Morgan fingerprint density at radius 1 is 1.34 bits per heavy atom. The molecule has 0 bridgehead atoms. The average molecular weight is 403 g/mol. The van der Waals surface area contributed by atoms with Crippen LogP contribution >= 0.6 is 0 Å². The van der Waals surface area contributed by atoms with Crippen molar-refractivity contribution in [1.29, 1.82) is 0 Å². The van der Waals surface area contributed by atoms with Crippen molar-refractivity contribution < 1.29 is 23.0 Å². The van der Waals surface area contributed by atoms with Crippen LogP contribution in [0.3, 0.4) is 0 Å². The molecule has 1 aliphatic rings. The van der Waals surface area contributed by atoms with Gasteiger partial charge in [0.25, 0.3) is 6.43 Å². The van der Waals surface area contributed by atoms with Crippen LogP contribution in [0.4, 0.5) is 14.6 Å². The number of carbonyl (C=O) groups excluding carboxylic acids is 1. The van der Waals surface area contributed by atoms with E-state index >= 15 is 0 Å². The van der Waals surface area contributed by atoms with Crippen molar-refractivity contribution in [2.75, 3.05) is 25.6 Å². The lowest BCUT2D eigenvalue weighted by molar-refractivity contribution is -0.114. The molecule has 3 aromatic heterocycles. The first-order chi connectivity index (χ1) is 13.9. The zero-order valence-corrected chi connectivity index (χ0v) is 15.9. The van der Waals surface area contributed by atoms with Gasteiger partial charge in [0.1, 0.15) is 11.4 Å². The van der Waals surface area contributed by atoms with Crippen LogP contribution in [0, 0.1) is 0 Å². The highest BCUT2D eigenvalue weighted by molar-refractivity contribution is 5.90. The highest BCUT2D eigenvalue weighted by Crippen LogP contribution is 2.35. The van der Waals surface area contributed by atoms with Gasteiger partial charge in [-0.15, -0.1) is 0 Å². The molecule has 4 heterocycles. The summed E-state index contributed by atoms with van der Waals surface area (Å²) >= 11 is 0. The lowest BCUT2D eigenvalue weighted by atomic mass is 9.96. The lowest BCUT2D eigenvalue weighted by Gasteiger charge is -2.26. The number of fused-ring (bicyclic) bond motifs is 1. The number of nitrogens with one attached hydrogen (secondary N) is 1. The fraction of sp³-hybridized carbons (Fsp3) is 0.368. The van der Waals surface area contributed by atoms with Crippen molar-refractivity contribution in [3.63, 3.8) is 0 Å². The Hall–Kier alpha value is -2.98. The second-order valence-corrected chi connectivity index (χ2v) is 6.81. The number of methoxy groups -OCH3 is 1. The first-order valence-corrected chi connectivity index (χ1v) is 8.97. The van der Waals surface area contributed by atoms with Crippen LogP contribution in [0.15, 0.2) is 30.6 Å². The number of hydrogen-bond acceptors (Lipinski definition) is 6. The number of rotatable bonds is 5. The van der Waals surface area contributed by atoms with Crippen molar-refractivity contribution in [1.82, 2.24) is 19.7 Å². The van der Waals surface area contributed by atoms with Crippen LogP contribution in [0.1, 0.15) is 31.0 Å². The highest BCUT2D eigenvalue weighted by Gasteiger charge is 2.39. The largest absolute Gasteiger partial charge is 0.378 e. The first kappa shape index (κ1) is 19.3. The zero-order chi connectivity index (χ0) is 20.6. The van der Waals surface area contributed by atoms with E-state index in [9.17, 15) is 13.6 Å². The SMILES string of the molecule is COC1(c2cc(C(F)F)cc(-n3ncc4cnc(NC(C)=O)cc43)n2)CCOC1. The number of carbonyl (C=O) groups is 1. The van der Waals surface area contributed by atoms with Crippen LogP contribution in [0.25, 0.3) is 16.7 Å². The second-order valence-electron chi connectivity index (χ2n) is 6.81. The molecule has 152 valence electrons. The van der Waals surface area contributed by atoms with E-state index in [0.29, 0.717) is 35.4 Å². The Labute approximate surface area is 164 Å². The molecular weight excluding hydrogens is 384 g/mol. The van der Waals surface area contributed by atoms with Crippen molar-refractivity contribution in [2.45, 2.75) is 25.4 Å².